The second kappa shape index (κ2) is 5.91. The molecule has 0 spiro atoms. The largest absolute Gasteiger partial charge is 0.455 e. The van der Waals surface area contributed by atoms with E-state index in [2.05, 4.69) is 0 Å². The van der Waals surface area contributed by atoms with Gasteiger partial charge >= 0.3 is 5.97 Å². The van der Waals surface area contributed by atoms with Crippen LogP contribution in [0.1, 0.15) is 15.9 Å². The maximum atomic E-state index is 11.8. The maximum absolute atomic E-state index is 11.8. The van der Waals surface area contributed by atoms with Crippen molar-refractivity contribution in [3.05, 3.63) is 66.0 Å². The summed E-state index contributed by atoms with van der Waals surface area (Å²) in [6.07, 6.45) is 3.41. The number of aryl methyl sites for hydroxylation is 1. The smallest absolute Gasteiger partial charge is 0.380 e. The summed E-state index contributed by atoms with van der Waals surface area (Å²) in [6, 6.07) is 12.4. The Kier molecular flexibility index (Phi) is 4.03. The van der Waals surface area contributed by atoms with Crippen LogP contribution in [0.5, 0.6) is 0 Å². The first-order chi connectivity index (χ1) is 9.16. The van der Waals surface area contributed by atoms with Crippen LogP contribution in [0.2, 0.25) is 0 Å². The molecular weight excluding hydrogens is 242 g/mol. The molecule has 0 saturated carbocycles. The van der Waals surface area contributed by atoms with Crippen molar-refractivity contribution in [2.45, 2.75) is 6.61 Å². The highest BCUT2D eigenvalue weighted by atomic mass is 16.5. The number of ketones is 1. The highest BCUT2D eigenvalue weighted by Crippen LogP contribution is 2.04. The van der Waals surface area contributed by atoms with Crippen molar-refractivity contribution in [2.24, 2.45) is 7.05 Å². The van der Waals surface area contributed by atoms with Crippen LogP contribution in [0, 0.1) is 0 Å². The van der Waals surface area contributed by atoms with Gasteiger partial charge in [-0.15, -0.1) is 0 Å². The molecule has 0 N–H and O–H groups in total. The predicted octanol–water partition coefficient (Wildman–Crippen LogP) is 1.44. The van der Waals surface area contributed by atoms with Crippen molar-refractivity contribution in [1.29, 1.82) is 0 Å². The lowest BCUT2D eigenvalue weighted by atomic mass is 10.2. The summed E-state index contributed by atoms with van der Waals surface area (Å²) in [7, 11) is 1.84. The van der Waals surface area contributed by atoms with E-state index in [9.17, 15) is 9.59 Å². The lowest BCUT2D eigenvalue weighted by Crippen LogP contribution is -2.27. The van der Waals surface area contributed by atoms with Crippen LogP contribution in [-0.4, -0.2) is 11.8 Å². The number of carbonyl (C=O) groups is 2. The van der Waals surface area contributed by atoms with Crippen LogP contribution in [-0.2, 0) is 23.2 Å². The first kappa shape index (κ1) is 13.0. The van der Waals surface area contributed by atoms with E-state index in [0.717, 1.165) is 5.56 Å². The van der Waals surface area contributed by atoms with E-state index < -0.39 is 11.8 Å². The molecule has 0 aliphatic heterocycles. The predicted molar refractivity (Wildman–Crippen MR) is 68.2 cm³/mol. The van der Waals surface area contributed by atoms with Crippen molar-refractivity contribution < 1.29 is 18.9 Å². The van der Waals surface area contributed by atoms with Gasteiger partial charge in [0.2, 0.25) is 0 Å². The van der Waals surface area contributed by atoms with Crippen LogP contribution in [0.25, 0.3) is 0 Å². The average molecular weight is 256 g/mol. The van der Waals surface area contributed by atoms with Crippen molar-refractivity contribution in [3.8, 4) is 0 Å². The number of esters is 1. The van der Waals surface area contributed by atoms with Gasteiger partial charge in [0.1, 0.15) is 13.7 Å². The number of nitrogens with zero attached hydrogens (tertiary/aromatic N) is 1. The van der Waals surface area contributed by atoms with Gasteiger partial charge in [-0.1, -0.05) is 30.3 Å². The molecule has 0 aliphatic carbocycles. The normalized spacial score (nSPS) is 9.95. The van der Waals surface area contributed by atoms with Gasteiger partial charge in [-0.25, -0.2) is 9.36 Å². The van der Waals surface area contributed by atoms with E-state index in [0.29, 0.717) is 5.56 Å². The Balaban J connectivity index is 1.96. The monoisotopic (exact) mass is 256 g/mol. The molecule has 19 heavy (non-hydrogen) atoms. The average Bonchev–Trinajstić information content (AvgIpc) is 2.46. The van der Waals surface area contributed by atoms with E-state index in [1.165, 1.54) is 0 Å². The minimum Gasteiger partial charge on any atom is -0.455 e. The topological polar surface area (TPSA) is 47.2 Å². The molecule has 4 nitrogen and oxygen atoms in total. The van der Waals surface area contributed by atoms with Gasteiger partial charge in [-0.2, -0.15) is 0 Å². The Morgan fingerprint density at radius 3 is 2.32 bits per heavy atom. The van der Waals surface area contributed by atoms with E-state index in [1.807, 2.05) is 37.4 Å². The molecule has 96 valence electrons. The number of rotatable bonds is 4. The third-order valence-electron chi connectivity index (χ3n) is 2.64. The standard InChI is InChI=1S/C15H14NO3/c1-16-9-7-13(8-10-16)14(17)15(18)19-11-12-5-3-2-4-6-12/h2-10H,11H2,1H3/q+1. The first-order valence-electron chi connectivity index (χ1n) is 5.87. The zero-order valence-corrected chi connectivity index (χ0v) is 10.6. The molecule has 1 heterocycles. The molecule has 1 aromatic heterocycles. The molecule has 0 atom stereocenters. The van der Waals surface area contributed by atoms with Crippen LogP contribution in [0.3, 0.4) is 0 Å². The molecule has 0 aliphatic rings. The Morgan fingerprint density at radius 2 is 1.68 bits per heavy atom. The van der Waals surface area contributed by atoms with Crippen molar-refractivity contribution >= 4 is 11.8 Å². The molecule has 1 aromatic carbocycles. The third kappa shape index (κ3) is 3.48. The molecule has 2 aromatic rings. The quantitative estimate of drug-likeness (QED) is 0.360. The van der Waals surface area contributed by atoms with Crippen LogP contribution in [0.15, 0.2) is 54.9 Å². The molecule has 2 rings (SSSR count). The summed E-state index contributed by atoms with van der Waals surface area (Å²) in [5.74, 6) is -1.46. The van der Waals surface area contributed by atoms with Gasteiger partial charge < -0.3 is 4.74 Å². The maximum Gasteiger partial charge on any atom is 0.380 e. The zero-order valence-electron chi connectivity index (χ0n) is 10.6. The molecule has 4 heteroatoms. The molecule has 0 radical (unpaired) electrons. The van der Waals surface area contributed by atoms with Crippen molar-refractivity contribution in [1.82, 2.24) is 0 Å². The fourth-order valence-electron chi connectivity index (χ4n) is 1.56. The summed E-state index contributed by atoms with van der Waals surface area (Å²) < 4.78 is 6.76. The SMILES string of the molecule is C[n+]1ccc(C(=O)C(=O)OCc2ccccc2)cc1. The minimum absolute atomic E-state index is 0.103. The summed E-state index contributed by atoms with van der Waals surface area (Å²) in [5.41, 5.74) is 1.18. The Bertz CT molecular complexity index is 576. The van der Waals surface area contributed by atoms with Gasteiger partial charge in [0.15, 0.2) is 12.4 Å². The van der Waals surface area contributed by atoms with Gasteiger partial charge in [0.25, 0.3) is 5.78 Å². The number of hydrogen-bond donors (Lipinski definition) is 0. The summed E-state index contributed by atoms with van der Waals surface area (Å²) in [5, 5.41) is 0. The molecule has 0 amide bonds. The van der Waals surface area contributed by atoms with E-state index >= 15 is 0 Å². The summed E-state index contributed by atoms with van der Waals surface area (Å²) in [4.78, 5) is 23.4. The number of ether oxygens (including phenoxy) is 1. The van der Waals surface area contributed by atoms with E-state index in [4.69, 9.17) is 4.74 Å². The van der Waals surface area contributed by atoms with E-state index in [1.54, 1.807) is 29.1 Å². The van der Waals surface area contributed by atoms with Crippen LogP contribution in [0.4, 0.5) is 0 Å². The number of Topliss-reactive ketones (excluding diaryl/α,β-unsaturated/α-hetero) is 1. The fourth-order valence-corrected chi connectivity index (χ4v) is 1.56. The first-order valence-corrected chi connectivity index (χ1v) is 5.87. The lowest BCUT2D eigenvalue weighted by molar-refractivity contribution is -0.671. The van der Waals surface area contributed by atoms with E-state index in [-0.39, 0.29) is 6.61 Å². The van der Waals surface area contributed by atoms with Gasteiger partial charge in [-0.3, -0.25) is 4.79 Å². The zero-order chi connectivity index (χ0) is 13.7. The number of hydrogen-bond acceptors (Lipinski definition) is 3. The molecule has 0 bridgehead atoms. The fraction of sp³-hybridized carbons (Fsp3) is 0.133. The number of aromatic nitrogens is 1. The van der Waals surface area contributed by atoms with Gasteiger partial charge in [0, 0.05) is 17.7 Å². The van der Waals surface area contributed by atoms with Crippen molar-refractivity contribution in [2.75, 3.05) is 0 Å². The van der Waals surface area contributed by atoms with Gasteiger partial charge in [-0.05, 0) is 5.56 Å². The summed E-state index contributed by atoms with van der Waals surface area (Å²) >= 11 is 0. The number of benzene rings is 1. The highest BCUT2D eigenvalue weighted by molar-refractivity contribution is 6.40. The second-order valence-corrected chi connectivity index (χ2v) is 4.14. The van der Waals surface area contributed by atoms with Crippen LogP contribution < -0.4 is 4.57 Å². The third-order valence-corrected chi connectivity index (χ3v) is 2.64. The number of carbonyl (C=O) groups excluding carboxylic acids is 2. The Hall–Kier alpha value is -2.49. The minimum atomic E-state index is -0.835. The van der Waals surface area contributed by atoms with Crippen molar-refractivity contribution in [3.63, 3.8) is 0 Å². The Morgan fingerprint density at radius 1 is 1.05 bits per heavy atom. The molecular formula is C15H14NO3+. The highest BCUT2D eigenvalue weighted by Gasteiger charge is 2.18. The summed E-state index contributed by atoms with van der Waals surface area (Å²) in [6.45, 7) is 0.103. The van der Waals surface area contributed by atoms with Crippen LogP contribution >= 0.6 is 0 Å². The second-order valence-electron chi connectivity index (χ2n) is 4.14. The van der Waals surface area contributed by atoms with Gasteiger partial charge in [0.05, 0.1) is 0 Å². The Labute approximate surface area is 111 Å². The molecule has 0 saturated heterocycles. The number of pyridine rings is 1. The molecule has 0 unspecified atom stereocenters. The lowest BCUT2D eigenvalue weighted by Gasteiger charge is -2.03. The molecule has 0 fully saturated rings.